The number of likely N-dealkylation sites (tertiary alicyclic amines) is 1. The first-order valence-electron chi connectivity index (χ1n) is 11.7. The fourth-order valence-corrected chi connectivity index (χ4v) is 5.08. The Morgan fingerprint density at radius 1 is 1.12 bits per heavy atom. The number of fused-ring (bicyclic) bond motifs is 1. The highest BCUT2D eigenvalue weighted by Gasteiger charge is 2.44. The fraction of sp³-hybridized carbons (Fsp3) is 0.560. The lowest BCUT2D eigenvalue weighted by Gasteiger charge is -2.39. The molecule has 1 aliphatic carbocycles. The summed E-state index contributed by atoms with van der Waals surface area (Å²) in [5.41, 5.74) is 1.58. The number of rotatable bonds is 5. The van der Waals surface area contributed by atoms with Crippen molar-refractivity contribution >= 4 is 22.8 Å². The number of benzene rings is 1. The van der Waals surface area contributed by atoms with Gasteiger partial charge in [0.05, 0.1) is 18.1 Å². The lowest BCUT2D eigenvalue weighted by Crippen LogP contribution is -2.47. The summed E-state index contributed by atoms with van der Waals surface area (Å²) >= 11 is 0. The molecule has 0 bridgehead atoms. The summed E-state index contributed by atoms with van der Waals surface area (Å²) in [5.74, 6) is 0.458. The lowest BCUT2D eigenvalue weighted by molar-refractivity contribution is -0.139. The minimum absolute atomic E-state index is 0.00938. The van der Waals surface area contributed by atoms with Crippen molar-refractivity contribution in [2.45, 2.75) is 63.6 Å². The summed E-state index contributed by atoms with van der Waals surface area (Å²) in [7, 11) is 0. The summed E-state index contributed by atoms with van der Waals surface area (Å²) in [5, 5.41) is 3.77. The molecule has 3 aliphatic rings. The Balaban J connectivity index is 1.14. The number of nitrogens with zero attached hydrogens (tertiary/aromatic N) is 1. The molecule has 0 unspecified atom stereocenters. The maximum absolute atomic E-state index is 12.6. The molecule has 2 amide bonds. The van der Waals surface area contributed by atoms with Crippen LogP contribution in [0.3, 0.4) is 0 Å². The number of amides is 2. The fourth-order valence-electron chi connectivity index (χ4n) is 5.08. The van der Waals surface area contributed by atoms with Crippen LogP contribution in [0.1, 0.15) is 49.7 Å². The topological polar surface area (TPSA) is 88.9 Å². The molecule has 7 heteroatoms. The van der Waals surface area contributed by atoms with Gasteiger partial charge in [0.2, 0.25) is 11.8 Å². The van der Waals surface area contributed by atoms with Crippen molar-refractivity contribution in [3.8, 4) is 0 Å². The molecule has 1 atom stereocenters. The SMILES string of the molecule is Cc1ccc2c(CC(=O)NC[C@@H]3CCC4(CCN(C(=O)C5CC5)CC4)O3)cc(=O)oc2c1. The molecular formula is C25H30N2O5. The van der Waals surface area contributed by atoms with Crippen molar-refractivity contribution in [2.75, 3.05) is 19.6 Å². The van der Waals surface area contributed by atoms with E-state index < -0.39 is 5.63 Å². The smallest absolute Gasteiger partial charge is 0.336 e. The zero-order valence-corrected chi connectivity index (χ0v) is 18.5. The second kappa shape index (κ2) is 8.35. The van der Waals surface area contributed by atoms with Crippen LogP contribution in [-0.4, -0.2) is 48.1 Å². The molecule has 0 radical (unpaired) electrons. The van der Waals surface area contributed by atoms with Crippen molar-refractivity contribution in [2.24, 2.45) is 5.92 Å². The van der Waals surface area contributed by atoms with Gasteiger partial charge in [-0.2, -0.15) is 0 Å². The Hall–Kier alpha value is -2.67. The van der Waals surface area contributed by atoms with Crippen LogP contribution < -0.4 is 10.9 Å². The Morgan fingerprint density at radius 3 is 2.66 bits per heavy atom. The number of nitrogens with one attached hydrogen (secondary N) is 1. The highest BCUT2D eigenvalue weighted by atomic mass is 16.5. The maximum Gasteiger partial charge on any atom is 0.336 e. The van der Waals surface area contributed by atoms with E-state index in [1.54, 1.807) is 0 Å². The third-order valence-corrected chi connectivity index (χ3v) is 7.12. The van der Waals surface area contributed by atoms with Gasteiger partial charge in [-0.15, -0.1) is 0 Å². The van der Waals surface area contributed by atoms with Gasteiger partial charge in [0, 0.05) is 37.0 Å². The molecular weight excluding hydrogens is 408 g/mol. The number of hydrogen-bond donors (Lipinski definition) is 1. The predicted octanol–water partition coefficient (Wildman–Crippen LogP) is 2.71. The third-order valence-electron chi connectivity index (χ3n) is 7.12. The first kappa shape index (κ1) is 21.2. The van der Waals surface area contributed by atoms with E-state index in [2.05, 4.69) is 5.32 Å². The van der Waals surface area contributed by atoms with Gasteiger partial charge in [-0.1, -0.05) is 12.1 Å². The third kappa shape index (κ3) is 4.44. The van der Waals surface area contributed by atoms with Gasteiger partial charge in [0.25, 0.3) is 0 Å². The van der Waals surface area contributed by atoms with Crippen LogP contribution >= 0.6 is 0 Å². The standard InChI is InChI=1S/C25H30N2O5/c1-16-2-5-20-18(14-23(29)31-21(20)12-16)13-22(28)26-15-19-6-7-25(32-19)8-10-27(11-9-25)24(30)17-3-4-17/h2,5,12,14,17,19H,3-4,6-11,13,15H2,1H3,(H,26,28)/t19-/m0/s1. The zero-order valence-electron chi connectivity index (χ0n) is 18.5. The molecule has 1 spiro atoms. The van der Waals surface area contributed by atoms with Crippen LogP contribution in [0.25, 0.3) is 11.0 Å². The van der Waals surface area contributed by atoms with Crippen LogP contribution in [-0.2, 0) is 20.7 Å². The molecule has 7 nitrogen and oxygen atoms in total. The highest BCUT2D eigenvalue weighted by molar-refractivity contribution is 5.87. The molecule has 1 saturated carbocycles. The lowest BCUT2D eigenvalue weighted by atomic mass is 9.88. The number of carbonyl (C=O) groups is 2. The van der Waals surface area contributed by atoms with E-state index in [9.17, 15) is 14.4 Å². The first-order chi connectivity index (χ1) is 15.4. The molecule has 2 saturated heterocycles. The quantitative estimate of drug-likeness (QED) is 0.725. The maximum atomic E-state index is 12.6. The second-order valence-corrected chi connectivity index (χ2v) is 9.63. The molecule has 2 aromatic rings. The van der Waals surface area contributed by atoms with Gasteiger partial charge in [0.1, 0.15) is 5.58 Å². The zero-order chi connectivity index (χ0) is 22.3. The van der Waals surface area contributed by atoms with Crippen molar-refractivity contribution in [1.82, 2.24) is 10.2 Å². The summed E-state index contributed by atoms with van der Waals surface area (Å²) in [6, 6.07) is 7.04. The van der Waals surface area contributed by atoms with Gasteiger partial charge in [-0.3, -0.25) is 9.59 Å². The number of ether oxygens (including phenoxy) is 1. The van der Waals surface area contributed by atoms with Gasteiger partial charge in [0.15, 0.2) is 0 Å². The molecule has 170 valence electrons. The molecule has 3 fully saturated rings. The Labute approximate surface area is 187 Å². The van der Waals surface area contributed by atoms with E-state index in [-0.39, 0.29) is 30.0 Å². The number of hydrogen-bond acceptors (Lipinski definition) is 5. The minimum atomic E-state index is -0.446. The van der Waals surface area contributed by atoms with E-state index in [0.717, 1.165) is 62.6 Å². The average Bonchev–Trinajstić information content (AvgIpc) is 3.54. The molecule has 2 aliphatic heterocycles. The minimum Gasteiger partial charge on any atom is -0.423 e. The van der Waals surface area contributed by atoms with E-state index in [1.165, 1.54) is 6.07 Å². The predicted molar refractivity (Wildman–Crippen MR) is 119 cm³/mol. The largest absolute Gasteiger partial charge is 0.423 e. The number of carbonyl (C=O) groups excluding carboxylic acids is 2. The Morgan fingerprint density at radius 2 is 1.91 bits per heavy atom. The van der Waals surface area contributed by atoms with Gasteiger partial charge in [-0.05, 0) is 62.6 Å². The van der Waals surface area contributed by atoms with Crippen molar-refractivity contribution < 1.29 is 18.7 Å². The van der Waals surface area contributed by atoms with E-state index in [1.807, 2.05) is 30.0 Å². The van der Waals surface area contributed by atoms with E-state index >= 15 is 0 Å². The molecule has 32 heavy (non-hydrogen) atoms. The van der Waals surface area contributed by atoms with Crippen LogP contribution in [0, 0.1) is 12.8 Å². The average molecular weight is 439 g/mol. The van der Waals surface area contributed by atoms with Crippen molar-refractivity contribution in [3.63, 3.8) is 0 Å². The van der Waals surface area contributed by atoms with Crippen LogP contribution in [0.2, 0.25) is 0 Å². The van der Waals surface area contributed by atoms with Crippen molar-refractivity contribution in [3.05, 3.63) is 45.8 Å². The Kier molecular flexibility index (Phi) is 5.53. The van der Waals surface area contributed by atoms with Crippen LogP contribution in [0.5, 0.6) is 0 Å². The molecule has 1 aromatic carbocycles. The van der Waals surface area contributed by atoms with E-state index in [4.69, 9.17) is 9.15 Å². The van der Waals surface area contributed by atoms with Crippen LogP contribution in [0.4, 0.5) is 0 Å². The number of piperidine rings is 1. The first-order valence-corrected chi connectivity index (χ1v) is 11.7. The second-order valence-electron chi connectivity index (χ2n) is 9.63. The van der Waals surface area contributed by atoms with Gasteiger partial charge in [-0.25, -0.2) is 4.79 Å². The van der Waals surface area contributed by atoms with E-state index in [0.29, 0.717) is 23.6 Å². The van der Waals surface area contributed by atoms with Crippen molar-refractivity contribution in [1.29, 1.82) is 0 Å². The van der Waals surface area contributed by atoms with Gasteiger partial charge < -0.3 is 19.4 Å². The number of aryl methyl sites for hydroxylation is 1. The molecule has 1 aromatic heterocycles. The normalized spacial score (nSPS) is 22.4. The summed E-state index contributed by atoms with van der Waals surface area (Å²) in [4.78, 5) is 38.8. The highest BCUT2D eigenvalue weighted by Crippen LogP contribution is 2.40. The summed E-state index contributed by atoms with van der Waals surface area (Å²) in [6.07, 6.45) is 5.84. The monoisotopic (exact) mass is 438 g/mol. The summed E-state index contributed by atoms with van der Waals surface area (Å²) in [6.45, 7) is 3.95. The van der Waals surface area contributed by atoms with Crippen LogP contribution in [0.15, 0.2) is 33.5 Å². The molecule has 3 heterocycles. The molecule has 1 N–H and O–H groups in total. The summed E-state index contributed by atoms with van der Waals surface area (Å²) < 4.78 is 11.7. The van der Waals surface area contributed by atoms with Gasteiger partial charge >= 0.3 is 5.63 Å². The molecule has 5 rings (SSSR count). The Bertz CT molecular complexity index is 1100.